The van der Waals surface area contributed by atoms with E-state index in [9.17, 15) is 4.79 Å². The van der Waals surface area contributed by atoms with E-state index < -0.39 is 11.4 Å². The van der Waals surface area contributed by atoms with Crippen LogP contribution in [0.4, 0.5) is 0 Å². The minimum atomic E-state index is -1.00. The van der Waals surface area contributed by atoms with Gasteiger partial charge in [0.25, 0.3) is 0 Å². The first-order chi connectivity index (χ1) is 5.44. The van der Waals surface area contributed by atoms with Gasteiger partial charge in [0.1, 0.15) is 11.1 Å². The zero-order valence-corrected chi connectivity index (χ0v) is 8.25. The number of hydrogen-bond acceptors (Lipinski definition) is 3. The summed E-state index contributed by atoms with van der Waals surface area (Å²) in [4.78, 5) is 10.7. The van der Waals surface area contributed by atoms with Crippen molar-refractivity contribution in [3.05, 3.63) is 16.4 Å². The van der Waals surface area contributed by atoms with E-state index in [1.54, 1.807) is 19.9 Å². The van der Waals surface area contributed by atoms with Gasteiger partial charge in [-0.2, -0.15) is 0 Å². The smallest absolute Gasteiger partial charge is 0.315 e. The molecule has 0 bridgehead atoms. The fourth-order valence-electron chi connectivity index (χ4n) is 0.657. The quantitative estimate of drug-likeness (QED) is 0.847. The molecule has 1 rings (SSSR count). The van der Waals surface area contributed by atoms with Gasteiger partial charge in [0.05, 0.1) is 0 Å². The maximum atomic E-state index is 10.7. The van der Waals surface area contributed by atoms with Gasteiger partial charge in [-0.15, -0.1) is 0 Å². The fraction of sp³-hybridized carbons (Fsp3) is 0.429. The Hall–Kier alpha value is -0.840. The Balaban J connectivity index is 3.05. The van der Waals surface area contributed by atoms with E-state index in [1.165, 1.54) is 0 Å². The van der Waals surface area contributed by atoms with Crippen molar-refractivity contribution in [2.24, 2.45) is 0 Å². The van der Waals surface area contributed by atoms with E-state index in [0.717, 1.165) is 0 Å². The van der Waals surface area contributed by atoms with Crippen molar-refractivity contribution in [3.8, 4) is 0 Å². The summed E-state index contributed by atoms with van der Waals surface area (Å²) in [5.74, 6) is -0.928. The predicted octanol–water partition coefficient (Wildman–Crippen LogP) is 1.80. The first-order valence-corrected chi connectivity index (χ1v) is 4.10. The molecule has 1 aromatic rings. The number of nitrogens with zero attached hydrogens (tertiary/aromatic N) is 1. The fourth-order valence-corrected chi connectivity index (χ4v) is 0.946. The Morgan fingerprint density at radius 3 is 2.67 bits per heavy atom. The normalized spacial score (nSPS) is 11.6. The highest BCUT2D eigenvalue weighted by Gasteiger charge is 2.32. The molecule has 0 fully saturated rings. The third kappa shape index (κ3) is 1.50. The molecule has 5 heteroatoms. The van der Waals surface area contributed by atoms with Gasteiger partial charge in [0.15, 0.2) is 0 Å². The molecule has 0 spiro atoms. The highest BCUT2D eigenvalue weighted by Crippen LogP contribution is 2.24. The second-order valence-corrected chi connectivity index (χ2v) is 3.73. The number of aliphatic carboxylic acids is 1. The third-order valence-corrected chi connectivity index (χ3v) is 2.03. The van der Waals surface area contributed by atoms with Crippen molar-refractivity contribution >= 4 is 21.9 Å². The predicted molar refractivity (Wildman–Crippen MR) is 44.9 cm³/mol. The summed E-state index contributed by atoms with van der Waals surface area (Å²) in [7, 11) is 0. The van der Waals surface area contributed by atoms with Crippen LogP contribution in [0.5, 0.6) is 0 Å². The van der Waals surface area contributed by atoms with Gasteiger partial charge in [-0.3, -0.25) is 4.79 Å². The molecular formula is C7H8BrNO3. The minimum absolute atomic E-state index is 0.405. The monoisotopic (exact) mass is 233 g/mol. The number of carboxylic acid groups (broad SMARTS) is 1. The van der Waals surface area contributed by atoms with E-state index in [1.807, 2.05) is 0 Å². The van der Waals surface area contributed by atoms with Crippen LogP contribution in [0.25, 0.3) is 0 Å². The number of aromatic nitrogens is 1. The van der Waals surface area contributed by atoms with E-state index in [-0.39, 0.29) is 0 Å². The van der Waals surface area contributed by atoms with E-state index in [2.05, 4.69) is 21.1 Å². The summed E-state index contributed by atoms with van der Waals surface area (Å²) in [6.07, 6.45) is 0. The van der Waals surface area contributed by atoms with Crippen molar-refractivity contribution in [1.82, 2.24) is 5.16 Å². The molecule has 0 atom stereocenters. The van der Waals surface area contributed by atoms with Crippen LogP contribution in [0.3, 0.4) is 0 Å². The van der Waals surface area contributed by atoms with Crippen LogP contribution in [0.1, 0.15) is 19.5 Å². The number of hydrogen-bond donors (Lipinski definition) is 1. The maximum Gasteiger partial charge on any atom is 0.315 e. The summed E-state index contributed by atoms with van der Waals surface area (Å²) in [6, 6.07) is 1.55. The molecule has 1 N–H and O–H groups in total. The second kappa shape index (κ2) is 2.90. The van der Waals surface area contributed by atoms with Crippen molar-refractivity contribution in [2.45, 2.75) is 19.3 Å². The second-order valence-electron chi connectivity index (χ2n) is 2.95. The molecule has 0 unspecified atom stereocenters. The van der Waals surface area contributed by atoms with Crippen LogP contribution < -0.4 is 0 Å². The van der Waals surface area contributed by atoms with Crippen molar-refractivity contribution in [1.29, 1.82) is 0 Å². The lowest BCUT2D eigenvalue weighted by molar-refractivity contribution is -0.142. The molecular weight excluding hydrogens is 226 g/mol. The van der Waals surface area contributed by atoms with Gasteiger partial charge in [0, 0.05) is 6.07 Å². The molecule has 0 saturated carbocycles. The Labute approximate surface area is 77.7 Å². The number of carbonyl (C=O) groups is 1. The van der Waals surface area contributed by atoms with Gasteiger partial charge in [-0.25, -0.2) is 0 Å². The molecule has 66 valence electrons. The molecule has 0 aromatic carbocycles. The van der Waals surface area contributed by atoms with Crippen LogP contribution in [0, 0.1) is 0 Å². The van der Waals surface area contributed by atoms with Crippen molar-refractivity contribution < 1.29 is 14.4 Å². The number of halogens is 1. The third-order valence-electron chi connectivity index (χ3n) is 1.66. The summed E-state index contributed by atoms with van der Waals surface area (Å²) >= 11 is 3.05. The SMILES string of the molecule is CC(C)(C(=O)O)c1cc(Br)on1. The topological polar surface area (TPSA) is 63.3 Å². The molecule has 4 nitrogen and oxygen atoms in total. The Kier molecular flexibility index (Phi) is 2.23. The lowest BCUT2D eigenvalue weighted by Crippen LogP contribution is -2.28. The molecule has 1 aromatic heterocycles. The standard InChI is InChI=1S/C7H8BrNO3/c1-7(2,6(10)11)4-3-5(8)12-9-4/h3H,1-2H3,(H,10,11). The molecule has 0 aliphatic rings. The highest BCUT2D eigenvalue weighted by atomic mass is 79.9. The van der Waals surface area contributed by atoms with Crippen LogP contribution in [0.15, 0.2) is 15.3 Å². The molecule has 0 radical (unpaired) electrons. The van der Waals surface area contributed by atoms with E-state index >= 15 is 0 Å². The van der Waals surface area contributed by atoms with Crippen LogP contribution >= 0.6 is 15.9 Å². The zero-order valence-electron chi connectivity index (χ0n) is 6.67. The zero-order chi connectivity index (χ0) is 9.35. The first-order valence-electron chi connectivity index (χ1n) is 3.30. The molecule has 12 heavy (non-hydrogen) atoms. The molecule has 0 aliphatic heterocycles. The van der Waals surface area contributed by atoms with Crippen molar-refractivity contribution in [2.75, 3.05) is 0 Å². The van der Waals surface area contributed by atoms with Gasteiger partial charge in [0.2, 0.25) is 4.67 Å². The molecule has 1 heterocycles. The van der Waals surface area contributed by atoms with Gasteiger partial charge < -0.3 is 9.63 Å². The maximum absolute atomic E-state index is 10.7. The molecule has 0 amide bonds. The average molecular weight is 234 g/mol. The van der Waals surface area contributed by atoms with Gasteiger partial charge in [-0.05, 0) is 29.8 Å². The first kappa shape index (κ1) is 9.25. The number of rotatable bonds is 2. The van der Waals surface area contributed by atoms with Crippen LogP contribution in [0.2, 0.25) is 0 Å². The largest absolute Gasteiger partial charge is 0.481 e. The summed E-state index contributed by atoms with van der Waals surface area (Å²) < 4.78 is 5.14. The van der Waals surface area contributed by atoms with Gasteiger partial charge >= 0.3 is 5.97 Å². The minimum Gasteiger partial charge on any atom is -0.481 e. The average Bonchev–Trinajstić information content (AvgIpc) is 2.35. The van der Waals surface area contributed by atoms with Crippen LogP contribution in [-0.4, -0.2) is 16.2 Å². The molecule has 0 saturated heterocycles. The Morgan fingerprint density at radius 1 is 1.75 bits per heavy atom. The van der Waals surface area contributed by atoms with E-state index in [4.69, 9.17) is 9.63 Å². The van der Waals surface area contributed by atoms with Crippen molar-refractivity contribution in [3.63, 3.8) is 0 Å². The van der Waals surface area contributed by atoms with Crippen LogP contribution in [-0.2, 0) is 10.2 Å². The lowest BCUT2D eigenvalue weighted by atomic mass is 9.90. The Bertz CT molecular complexity index is 305. The van der Waals surface area contributed by atoms with Gasteiger partial charge in [-0.1, -0.05) is 5.16 Å². The number of carboxylic acids is 1. The lowest BCUT2D eigenvalue weighted by Gasteiger charge is -2.14. The molecule has 0 aliphatic carbocycles. The summed E-state index contributed by atoms with van der Waals surface area (Å²) in [5, 5.41) is 12.4. The van der Waals surface area contributed by atoms with E-state index in [0.29, 0.717) is 10.4 Å². The summed E-state index contributed by atoms with van der Waals surface area (Å²) in [5.41, 5.74) is -0.600. The Morgan fingerprint density at radius 2 is 2.33 bits per heavy atom. The summed E-state index contributed by atoms with van der Waals surface area (Å²) in [6.45, 7) is 3.14. The highest BCUT2D eigenvalue weighted by molar-refractivity contribution is 9.10.